The minimum atomic E-state index is -0.356. The van der Waals surface area contributed by atoms with E-state index in [0.717, 1.165) is 6.54 Å². The number of nitrogens with zero attached hydrogens (tertiary/aromatic N) is 3. The van der Waals surface area contributed by atoms with E-state index in [2.05, 4.69) is 31.2 Å². The predicted molar refractivity (Wildman–Crippen MR) is 64.8 cm³/mol. The van der Waals surface area contributed by atoms with Crippen LogP contribution in [0.4, 0.5) is 5.95 Å². The van der Waals surface area contributed by atoms with Crippen molar-refractivity contribution in [2.45, 2.75) is 20.0 Å². The molecule has 0 aliphatic carbocycles. The minimum absolute atomic E-state index is 0.356. The molecule has 0 spiro atoms. The predicted octanol–water partition coefficient (Wildman–Crippen LogP) is 1.19. The molecule has 6 heteroatoms. The highest BCUT2D eigenvalue weighted by Gasteiger charge is 2.12. The molecule has 0 aromatic carbocycles. The highest BCUT2D eigenvalue weighted by molar-refractivity contribution is 5.76. The lowest BCUT2D eigenvalue weighted by Crippen LogP contribution is -2.11. The first-order chi connectivity index (χ1) is 8.24. The van der Waals surface area contributed by atoms with E-state index < -0.39 is 0 Å². The molecule has 0 aliphatic rings. The van der Waals surface area contributed by atoms with Crippen LogP contribution in [0.15, 0.2) is 6.33 Å². The lowest BCUT2D eigenvalue weighted by molar-refractivity contribution is 0.271. The fourth-order valence-electron chi connectivity index (χ4n) is 1.33. The Morgan fingerprint density at radius 2 is 2.41 bits per heavy atom. The number of anilines is 1. The zero-order valence-corrected chi connectivity index (χ0v) is 9.69. The van der Waals surface area contributed by atoms with Gasteiger partial charge in [-0.3, -0.25) is 0 Å². The van der Waals surface area contributed by atoms with Gasteiger partial charge in [-0.1, -0.05) is 5.92 Å². The van der Waals surface area contributed by atoms with Gasteiger partial charge < -0.3 is 15.0 Å². The quantitative estimate of drug-likeness (QED) is 0.773. The third-order valence-corrected chi connectivity index (χ3v) is 2.11. The van der Waals surface area contributed by atoms with Crippen molar-refractivity contribution in [3.63, 3.8) is 0 Å². The number of ether oxygens (including phenoxy) is 1. The Morgan fingerprint density at radius 3 is 3.12 bits per heavy atom. The number of fused-ring (bicyclic) bond motifs is 1. The fraction of sp³-hybridized carbons (Fsp3) is 0.364. The second kappa shape index (κ2) is 4.70. The van der Waals surface area contributed by atoms with Crippen molar-refractivity contribution in [2.24, 2.45) is 0 Å². The summed E-state index contributed by atoms with van der Waals surface area (Å²) in [6.07, 6.45) is 6.46. The van der Waals surface area contributed by atoms with Gasteiger partial charge in [0.15, 0.2) is 11.8 Å². The summed E-state index contributed by atoms with van der Waals surface area (Å²) in [4.78, 5) is 15.5. The number of aromatic nitrogens is 4. The maximum Gasteiger partial charge on any atom is 0.246 e. The largest absolute Gasteiger partial charge is 0.460 e. The maximum absolute atomic E-state index is 5.52. The normalized spacial score (nSPS) is 12.1. The van der Waals surface area contributed by atoms with Gasteiger partial charge in [-0.05, 0) is 13.8 Å². The topological polar surface area (TPSA) is 75.7 Å². The zero-order chi connectivity index (χ0) is 12.3. The number of hydrogen-bond acceptors (Lipinski definition) is 5. The number of hydrogen-bond donors (Lipinski definition) is 2. The van der Waals surface area contributed by atoms with Gasteiger partial charge in [-0.2, -0.15) is 9.97 Å². The summed E-state index contributed by atoms with van der Waals surface area (Å²) in [5.41, 5.74) is 1.20. The van der Waals surface area contributed by atoms with Gasteiger partial charge in [0.1, 0.15) is 5.52 Å². The molecule has 0 saturated carbocycles. The second-order valence-electron chi connectivity index (χ2n) is 3.41. The van der Waals surface area contributed by atoms with Crippen LogP contribution in [0, 0.1) is 12.3 Å². The third-order valence-electron chi connectivity index (χ3n) is 2.11. The van der Waals surface area contributed by atoms with Crippen LogP contribution in [0.25, 0.3) is 11.2 Å². The van der Waals surface area contributed by atoms with Gasteiger partial charge in [0.2, 0.25) is 11.8 Å². The van der Waals surface area contributed by atoms with E-state index in [1.54, 1.807) is 13.3 Å². The Labute approximate surface area is 98.8 Å². The molecule has 0 amide bonds. The van der Waals surface area contributed by atoms with Crippen LogP contribution in [-0.2, 0) is 0 Å². The lowest BCUT2D eigenvalue weighted by atomic mass is 10.4. The Kier molecular flexibility index (Phi) is 3.10. The highest BCUT2D eigenvalue weighted by Crippen LogP contribution is 2.21. The van der Waals surface area contributed by atoms with Crippen LogP contribution in [0.1, 0.15) is 13.8 Å². The van der Waals surface area contributed by atoms with Crippen molar-refractivity contribution >= 4 is 17.1 Å². The van der Waals surface area contributed by atoms with Crippen LogP contribution in [0.5, 0.6) is 5.88 Å². The van der Waals surface area contributed by atoms with Gasteiger partial charge in [-0.15, -0.1) is 6.42 Å². The van der Waals surface area contributed by atoms with E-state index in [1.165, 1.54) is 0 Å². The summed E-state index contributed by atoms with van der Waals surface area (Å²) < 4.78 is 5.52. The smallest absolute Gasteiger partial charge is 0.246 e. The number of aromatic amines is 1. The Balaban J connectivity index is 2.43. The Hall–Kier alpha value is -2.29. The molecular weight excluding hydrogens is 218 g/mol. The Bertz CT molecular complexity index is 556. The van der Waals surface area contributed by atoms with Crippen molar-refractivity contribution in [1.29, 1.82) is 0 Å². The summed E-state index contributed by atoms with van der Waals surface area (Å²) in [5.74, 6) is 3.37. The van der Waals surface area contributed by atoms with Crippen molar-refractivity contribution in [2.75, 3.05) is 11.9 Å². The highest BCUT2D eigenvalue weighted by atomic mass is 16.5. The molecule has 0 radical (unpaired) electrons. The van der Waals surface area contributed by atoms with Crippen LogP contribution >= 0.6 is 0 Å². The summed E-state index contributed by atoms with van der Waals surface area (Å²) in [5, 5.41) is 3.01. The molecule has 17 heavy (non-hydrogen) atoms. The number of nitrogens with one attached hydrogen (secondary N) is 2. The molecule has 88 valence electrons. The van der Waals surface area contributed by atoms with E-state index in [9.17, 15) is 0 Å². The number of H-pyrrole nitrogens is 1. The van der Waals surface area contributed by atoms with E-state index in [0.29, 0.717) is 23.0 Å². The fourth-order valence-corrected chi connectivity index (χ4v) is 1.33. The molecule has 2 heterocycles. The SMILES string of the molecule is C#CC(C)Oc1nc(NCC)nc2nc[nH]c12. The van der Waals surface area contributed by atoms with Gasteiger partial charge in [0.25, 0.3) is 0 Å². The van der Waals surface area contributed by atoms with Crippen LogP contribution < -0.4 is 10.1 Å². The average molecular weight is 231 g/mol. The molecule has 2 aromatic heterocycles. The van der Waals surface area contributed by atoms with E-state index in [4.69, 9.17) is 11.2 Å². The summed E-state index contributed by atoms with van der Waals surface area (Å²) in [7, 11) is 0. The monoisotopic (exact) mass is 231 g/mol. The molecule has 0 bridgehead atoms. The molecule has 0 fully saturated rings. The van der Waals surface area contributed by atoms with E-state index in [1.807, 2.05) is 6.92 Å². The molecular formula is C11H13N5O. The Morgan fingerprint density at radius 1 is 1.59 bits per heavy atom. The van der Waals surface area contributed by atoms with Gasteiger partial charge >= 0.3 is 0 Å². The molecule has 0 saturated heterocycles. The van der Waals surface area contributed by atoms with Crippen molar-refractivity contribution in [3.05, 3.63) is 6.33 Å². The summed E-state index contributed by atoms with van der Waals surface area (Å²) in [6.45, 7) is 4.46. The molecule has 2 N–H and O–H groups in total. The van der Waals surface area contributed by atoms with E-state index >= 15 is 0 Å². The number of rotatable bonds is 4. The maximum atomic E-state index is 5.52. The summed E-state index contributed by atoms with van der Waals surface area (Å²) in [6, 6.07) is 0. The van der Waals surface area contributed by atoms with Crippen molar-refractivity contribution in [1.82, 2.24) is 19.9 Å². The first kappa shape index (κ1) is 11.2. The second-order valence-corrected chi connectivity index (χ2v) is 3.41. The molecule has 2 aromatic rings. The molecule has 1 unspecified atom stereocenters. The van der Waals surface area contributed by atoms with Crippen molar-refractivity contribution < 1.29 is 4.74 Å². The van der Waals surface area contributed by atoms with E-state index in [-0.39, 0.29) is 6.10 Å². The average Bonchev–Trinajstić information content (AvgIpc) is 2.77. The standard InChI is InChI=1S/C11H13N5O/c1-4-7(3)17-10-8-9(14-6-13-8)15-11(16-10)12-5-2/h1,6-7H,5H2,2-3H3,(H2,12,13,14,15,16). The summed E-state index contributed by atoms with van der Waals surface area (Å²) >= 11 is 0. The zero-order valence-electron chi connectivity index (χ0n) is 9.69. The van der Waals surface area contributed by atoms with Gasteiger partial charge in [0, 0.05) is 6.54 Å². The number of imidazole rings is 1. The van der Waals surface area contributed by atoms with Gasteiger partial charge in [-0.25, -0.2) is 4.98 Å². The van der Waals surface area contributed by atoms with Gasteiger partial charge in [0.05, 0.1) is 6.33 Å². The third kappa shape index (κ3) is 2.28. The molecule has 1 atom stereocenters. The molecule has 2 rings (SSSR count). The molecule has 0 aliphatic heterocycles. The van der Waals surface area contributed by atoms with Crippen LogP contribution in [-0.4, -0.2) is 32.6 Å². The molecule has 6 nitrogen and oxygen atoms in total. The minimum Gasteiger partial charge on any atom is -0.460 e. The number of terminal acetylenes is 1. The first-order valence-electron chi connectivity index (χ1n) is 5.32. The van der Waals surface area contributed by atoms with Crippen molar-refractivity contribution in [3.8, 4) is 18.2 Å². The van der Waals surface area contributed by atoms with Crippen LogP contribution in [0.3, 0.4) is 0 Å². The van der Waals surface area contributed by atoms with Crippen LogP contribution in [0.2, 0.25) is 0 Å². The lowest BCUT2D eigenvalue weighted by Gasteiger charge is -2.09. The first-order valence-corrected chi connectivity index (χ1v) is 5.32.